The molecule has 0 saturated carbocycles. The first kappa shape index (κ1) is 22.0. The maximum absolute atomic E-state index is 13.0. The van der Waals surface area contributed by atoms with Crippen LogP contribution in [0.15, 0.2) is 48.0 Å². The summed E-state index contributed by atoms with van der Waals surface area (Å²) in [4.78, 5) is 50.0. The van der Waals surface area contributed by atoms with Crippen LogP contribution in [0.1, 0.15) is 29.8 Å². The van der Waals surface area contributed by atoms with Crippen LogP contribution in [-0.4, -0.2) is 37.0 Å². The standard InChI is InChI=1S/C22H19ClN2O6/c1-12(2)31-18-9-4-13(11-17(18)23)10-16-19(26)24-22(29)25(20(16)27)15-7-5-14(6-8-15)21(28)30-3/h4-12H,1-3H3,(H,24,26,29)/b16-10+. The van der Waals surface area contributed by atoms with Crippen LogP contribution < -0.4 is 15.0 Å². The Morgan fingerprint density at radius 1 is 1.10 bits per heavy atom. The number of methoxy groups -OCH3 is 1. The summed E-state index contributed by atoms with van der Waals surface area (Å²) in [5, 5.41) is 2.46. The molecule has 1 heterocycles. The zero-order valence-electron chi connectivity index (χ0n) is 17.0. The van der Waals surface area contributed by atoms with Gasteiger partial charge in [-0.3, -0.25) is 14.9 Å². The van der Waals surface area contributed by atoms with Crippen molar-refractivity contribution < 1.29 is 28.7 Å². The van der Waals surface area contributed by atoms with E-state index in [4.69, 9.17) is 16.3 Å². The first-order chi connectivity index (χ1) is 14.7. The number of halogens is 1. The molecule has 1 fully saturated rings. The van der Waals surface area contributed by atoms with Gasteiger partial charge in [-0.2, -0.15) is 0 Å². The van der Waals surface area contributed by atoms with Gasteiger partial charge in [-0.1, -0.05) is 17.7 Å². The largest absolute Gasteiger partial charge is 0.489 e. The zero-order chi connectivity index (χ0) is 22.7. The first-order valence-corrected chi connectivity index (χ1v) is 9.65. The summed E-state index contributed by atoms with van der Waals surface area (Å²) in [6.45, 7) is 3.72. The monoisotopic (exact) mass is 442 g/mol. The van der Waals surface area contributed by atoms with Crippen LogP contribution in [0, 0.1) is 0 Å². The van der Waals surface area contributed by atoms with E-state index in [1.807, 2.05) is 13.8 Å². The zero-order valence-corrected chi connectivity index (χ0v) is 17.7. The fourth-order valence-corrected chi connectivity index (χ4v) is 3.11. The minimum atomic E-state index is -0.892. The number of rotatable bonds is 5. The number of carbonyl (C=O) groups is 4. The Hall–Kier alpha value is -3.65. The second kappa shape index (κ2) is 9.01. The van der Waals surface area contributed by atoms with E-state index >= 15 is 0 Å². The number of nitrogens with zero attached hydrogens (tertiary/aromatic N) is 1. The first-order valence-electron chi connectivity index (χ1n) is 9.27. The minimum absolute atomic E-state index is 0.0717. The lowest BCUT2D eigenvalue weighted by molar-refractivity contribution is -0.122. The molecule has 0 atom stereocenters. The van der Waals surface area contributed by atoms with Crippen LogP contribution in [0.5, 0.6) is 5.75 Å². The summed E-state index contributed by atoms with van der Waals surface area (Å²) >= 11 is 6.22. The fraction of sp³-hybridized carbons (Fsp3) is 0.182. The molecule has 3 rings (SSSR count). The summed E-state index contributed by atoms with van der Waals surface area (Å²) in [5.41, 5.74) is 0.675. The molecule has 1 aliphatic rings. The molecule has 8 nitrogen and oxygen atoms in total. The number of carbonyl (C=O) groups excluding carboxylic acids is 4. The lowest BCUT2D eigenvalue weighted by atomic mass is 10.1. The summed E-state index contributed by atoms with van der Waals surface area (Å²) < 4.78 is 10.2. The SMILES string of the molecule is COC(=O)c1ccc(N2C(=O)NC(=O)/C(=C\c3ccc(OC(C)C)c(Cl)c3)C2=O)cc1. The van der Waals surface area contributed by atoms with Crippen LogP contribution in [0.2, 0.25) is 5.02 Å². The number of hydrogen-bond acceptors (Lipinski definition) is 6. The van der Waals surface area contributed by atoms with E-state index in [2.05, 4.69) is 10.1 Å². The molecule has 0 unspecified atom stereocenters. The van der Waals surface area contributed by atoms with Crippen molar-refractivity contribution in [3.05, 3.63) is 64.2 Å². The third-order valence-electron chi connectivity index (χ3n) is 4.28. The molecule has 0 spiro atoms. The molecule has 2 aromatic rings. The predicted octanol–water partition coefficient (Wildman–Crippen LogP) is 3.58. The molecule has 9 heteroatoms. The fourth-order valence-electron chi connectivity index (χ4n) is 2.88. The molecule has 0 aromatic heterocycles. The molecule has 31 heavy (non-hydrogen) atoms. The number of benzene rings is 2. The molecular formula is C22H19ClN2O6. The lowest BCUT2D eigenvalue weighted by Gasteiger charge is -2.26. The van der Waals surface area contributed by atoms with Crippen molar-refractivity contribution in [2.75, 3.05) is 12.0 Å². The van der Waals surface area contributed by atoms with Crippen molar-refractivity contribution in [1.29, 1.82) is 0 Å². The quantitative estimate of drug-likeness (QED) is 0.431. The number of ether oxygens (including phenoxy) is 2. The number of hydrogen-bond donors (Lipinski definition) is 1. The second-order valence-corrected chi connectivity index (χ2v) is 7.26. The van der Waals surface area contributed by atoms with Crippen molar-refractivity contribution in [3.8, 4) is 5.75 Å². The van der Waals surface area contributed by atoms with Crippen molar-refractivity contribution in [3.63, 3.8) is 0 Å². The van der Waals surface area contributed by atoms with Crippen LogP contribution in [0.25, 0.3) is 6.08 Å². The molecule has 0 bridgehead atoms. The Labute approximate surface area is 183 Å². The Balaban J connectivity index is 1.92. The summed E-state index contributed by atoms with van der Waals surface area (Å²) in [6, 6.07) is 9.58. The van der Waals surface area contributed by atoms with Gasteiger partial charge in [0.2, 0.25) is 0 Å². The van der Waals surface area contributed by atoms with Gasteiger partial charge in [0.25, 0.3) is 11.8 Å². The number of esters is 1. The van der Waals surface area contributed by atoms with E-state index in [0.717, 1.165) is 4.90 Å². The maximum Gasteiger partial charge on any atom is 0.337 e. The second-order valence-electron chi connectivity index (χ2n) is 6.85. The third-order valence-corrected chi connectivity index (χ3v) is 4.57. The number of anilines is 1. The number of nitrogens with one attached hydrogen (secondary N) is 1. The van der Waals surface area contributed by atoms with E-state index in [9.17, 15) is 19.2 Å². The van der Waals surface area contributed by atoms with E-state index in [1.54, 1.807) is 18.2 Å². The smallest absolute Gasteiger partial charge is 0.337 e. The lowest BCUT2D eigenvalue weighted by Crippen LogP contribution is -2.54. The van der Waals surface area contributed by atoms with Gasteiger partial charge in [0, 0.05) is 0 Å². The Morgan fingerprint density at radius 2 is 1.77 bits per heavy atom. The minimum Gasteiger partial charge on any atom is -0.489 e. The molecule has 160 valence electrons. The predicted molar refractivity (Wildman–Crippen MR) is 114 cm³/mol. The molecule has 1 N–H and O–H groups in total. The van der Waals surface area contributed by atoms with Gasteiger partial charge in [-0.05, 0) is 61.9 Å². The third kappa shape index (κ3) is 4.75. The van der Waals surface area contributed by atoms with Gasteiger partial charge < -0.3 is 9.47 Å². The average molecular weight is 443 g/mol. The maximum atomic E-state index is 13.0. The van der Waals surface area contributed by atoms with Crippen LogP contribution >= 0.6 is 11.6 Å². The highest BCUT2D eigenvalue weighted by molar-refractivity contribution is 6.39. The van der Waals surface area contributed by atoms with Crippen LogP contribution in [-0.2, 0) is 14.3 Å². The molecule has 4 amide bonds. The number of urea groups is 1. The van der Waals surface area contributed by atoms with E-state index in [0.29, 0.717) is 16.3 Å². The van der Waals surface area contributed by atoms with E-state index < -0.39 is 23.8 Å². The summed E-state index contributed by atoms with van der Waals surface area (Å²) in [5.74, 6) is -1.71. The van der Waals surface area contributed by atoms with Crippen molar-refractivity contribution >= 4 is 47.2 Å². The van der Waals surface area contributed by atoms with Gasteiger partial charge in [-0.25, -0.2) is 14.5 Å². The van der Waals surface area contributed by atoms with Crippen molar-refractivity contribution in [1.82, 2.24) is 5.32 Å². The Bertz CT molecular complexity index is 1090. The highest BCUT2D eigenvalue weighted by atomic mass is 35.5. The highest BCUT2D eigenvalue weighted by Gasteiger charge is 2.36. The van der Waals surface area contributed by atoms with E-state index in [-0.39, 0.29) is 22.9 Å². The van der Waals surface area contributed by atoms with Crippen LogP contribution in [0.4, 0.5) is 10.5 Å². The van der Waals surface area contributed by atoms with Gasteiger partial charge >= 0.3 is 12.0 Å². The van der Waals surface area contributed by atoms with Gasteiger partial charge in [0.15, 0.2) is 0 Å². The van der Waals surface area contributed by atoms with Crippen molar-refractivity contribution in [2.45, 2.75) is 20.0 Å². The molecular weight excluding hydrogens is 424 g/mol. The molecule has 1 saturated heterocycles. The summed E-state index contributed by atoms with van der Waals surface area (Å²) in [7, 11) is 1.24. The number of barbiturate groups is 1. The summed E-state index contributed by atoms with van der Waals surface area (Å²) in [6.07, 6.45) is 1.27. The van der Waals surface area contributed by atoms with Crippen LogP contribution in [0.3, 0.4) is 0 Å². The normalized spacial score (nSPS) is 15.3. The van der Waals surface area contributed by atoms with Gasteiger partial charge in [0.1, 0.15) is 11.3 Å². The highest BCUT2D eigenvalue weighted by Crippen LogP contribution is 2.28. The molecule has 2 aromatic carbocycles. The van der Waals surface area contributed by atoms with Gasteiger partial charge in [0.05, 0.1) is 29.5 Å². The Kier molecular flexibility index (Phi) is 6.41. The van der Waals surface area contributed by atoms with Crippen molar-refractivity contribution in [2.24, 2.45) is 0 Å². The topological polar surface area (TPSA) is 102 Å². The van der Waals surface area contributed by atoms with Gasteiger partial charge in [-0.15, -0.1) is 0 Å². The molecule has 1 aliphatic heterocycles. The van der Waals surface area contributed by atoms with E-state index in [1.165, 1.54) is 37.5 Å². The number of amides is 4. The Morgan fingerprint density at radius 3 is 2.35 bits per heavy atom. The number of imide groups is 2. The average Bonchev–Trinajstić information content (AvgIpc) is 2.72. The molecule has 0 aliphatic carbocycles. The molecule has 0 radical (unpaired) electrons.